The van der Waals surface area contributed by atoms with Gasteiger partial charge in [0, 0.05) is 12.0 Å². The van der Waals surface area contributed by atoms with Crippen LogP contribution in [-0.4, -0.2) is 19.0 Å². The Bertz CT molecular complexity index is 439. The number of nitrogens with zero attached hydrogens (tertiary/aromatic N) is 1. The Morgan fingerprint density at radius 1 is 1.22 bits per heavy atom. The molecule has 2 rings (SSSR count). The fraction of sp³-hybridized carbons (Fsp3) is 0.500. The van der Waals surface area contributed by atoms with Crippen LogP contribution in [0.4, 0.5) is 5.69 Å². The van der Waals surface area contributed by atoms with E-state index >= 15 is 0 Å². The summed E-state index contributed by atoms with van der Waals surface area (Å²) in [4.78, 5) is 4.42. The minimum absolute atomic E-state index is 0.479. The first-order valence-electron chi connectivity index (χ1n) is 6.48. The van der Waals surface area contributed by atoms with Gasteiger partial charge in [-0.1, -0.05) is 0 Å². The molecule has 0 spiro atoms. The number of hydrogen-bond donors (Lipinski definition) is 1. The zero-order valence-corrected chi connectivity index (χ0v) is 11.0. The summed E-state index contributed by atoms with van der Waals surface area (Å²) in [6.45, 7) is 5.12. The molecule has 0 radical (unpaired) electrons. The SMILES string of the molecule is CCOc1ccc(N=C(N)C2CC2)cc1OCC. The molecule has 0 aliphatic heterocycles. The van der Waals surface area contributed by atoms with Gasteiger partial charge >= 0.3 is 0 Å². The summed E-state index contributed by atoms with van der Waals surface area (Å²) in [5.41, 5.74) is 6.73. The monoisotopic (exact) mass is 248 g/mol. The molecular weight excluding hydrogens is 228 g/mol. The Labute approximate surface area is 108 Å². The van der Waals surface area contributed by atoms with Gasteiger partial charge < -0.3 is 15.2 Å². The summed E-state index contributed by atoms with van der Waals surface area (Å²) in [6.07, 6.45) is 2.31. The van der Waals surface area contributed by atoms with Crippen LogP contribution < -0.4 is 15.2 Å². The Morgan fingerprint density at radius 3 is 2.50 bits per heavy atom. The predicted molar refractivity (Wildman–Crippen MR) is 72.8 cm³/mol. The molecule has 2 N–H and O–H groups in total. The van der Waals surface area contributed by atoms with Gasteiger partial charge in [-0.25, -0.2) is 4.99 Å². The van der Waals surface area contributed by atoms with Crippen molar-refractivity contribution in [3.63, 3.8) is 0 Å². The number of benzene rings is 1. The van der Waals surface area contributed by atoms with Gasteiger partial charge in [0.2, 0.25) is 0 Å². The first-order chi connectivity index (χ1) is 8.74. The standard InChI is InChI=1S/C14H20N2O2/c1-3-17-12-8-7-11(9-13(12)18-4-2)16-14(15)10-5-6-10/h7-10H,3-6H2,1-2H3,(H2,15,16). The Kier molecular flexibility index (Phi) is 4.07. The molecule has 18 heavy (non-hydrogen) atoms. The molecule has 0 unspecified atom stereocenters. The lowest BCUT2D eigenvalue weighted by molar-refractivity contribution is 0.288. The van der Waals surface area contributed by atoms with Gasteiger partial charge in [0.05, 0.1) is 18.9 Å². The number of aliphatic imine (C=N–C) groups is 1. The average molecular weight is 248 g/mol. The van der Waals surface area contributed by atoms with Crippen molar-refractivity contribution in [3.8, 4) is 11.5 Å². The molecule has 1 fully saturated rings. The summed E-state index contributed by atoms with van der Waals surface area (Å²) in [5, 5.41) is 0. The van der Waals surface area contributed by atoms with Crippen LogP contribution in [-0.2, 0) is 0 Å². The smallest absolute Gasteiger partial charge is 0.163 e. The molecule has 0 amide bonds. The fourth-order valence-corrected chi connectivity index (χ4v) is 1.73. The Hall–Kier alpha value is -1.71. The third-order valence-corrected chi connectivity index (χ3v) is 2.78. The normalized spacial score (nSPS) is 15.6. The van der Waals surface area contributed by atoms with E-state index in [1.54, 1.807) is 0 Å². The predicted octanol–water partition coefficient (Wildman–Crippen LogP) is 2.88. The van der Waals surface area contributed by atoms with E-state index in [1.165, 1.54) is 0 Å². The zero-order chi connectivity index (χ0) is 13.0. The van der Waals surface area contributed by atoms with Gasteiger partial charge in [-0.05, 0) is 38.8 Å². The van der Waals surface area contributed by atoms with E-state index in [2.05, 4.69) is 4.99 Å². The number of rotatable bonds is 6. The van der Waals surface area contributed by atoms with Crippen molar-refractivity contribution >= 4 is 11.5 Å². The van der Waals surface area contributed by atoms with E-state index in [9.17, 15) is 0 Å². The van der Waals surface area contributed by atoms with Gasteiger partial charge in [0.15, 0.2) is 11.5 Å². The van der Waals surface area contributed by atoms with Gasteiger partial charge in [-0.2, -0.15) is 0 Å². The highest BCUT2D eigenvalue weighted by Gasteiger charge is 2.25. The van der Waals surface area contributed by atoms with Crippen molar-refractivity contribution in [3.05, 3.63) is 18.2 Å². The summed E-state index contributed by atoms with van der Waals surface area (Å²) < 4.78 is 11.1. The first kappa shape index (κ1) is 12.7. The van der Waals surface area contributed by atoms with Crippen molar-refractivity contribution < 1.29 is 9.47 Å². The molecule has 0 atom stereocenters. The number of hydrogen-bond acceptors (Lipinski definition) is 3. The number of nitrogens with two attached hydrogens (primary N) is 1. The molecule has 1 aliphatic carbocycles. The second-order valence-electron chi connectivity index (χ2n) is 4.31. The summed E-state index contributed by atoms with van der Waals surface area (Å²) in [7, 11) is 0. The van der Waals surface area contributed by atoms with E-state index in [0.29, 0.717) is 19.1 Å². The summed E-state index contributed by atoms with van der Waals surface area (Å²) in [5.74, 6) is 2.68. The quantitative estimate of drug-likeness (QED) is 0.622. The molecular formula is C14H20N2O2. The van der Waals surface area contributed by atoms with E-state index in [4.69, 9.17) is 15.2 Å². The molecule has 4 nitrogen and oxygen atoms in total. The Balaban J connectivity index is 2.21. The lowest BCUT2D eigenvalue weighted by Crippen LogP contribution is -2.13. The maximum absolute atomic E-state index is 5.91. The molecule has 0 bridgehead atoms. The Morgan fingerprint density at radius 2 is 1.89 bits per heavy atom. The molecule has 4 heteroatoms. The van der Waals surface area contributed by atoms with Crippen LogP contribution in [0.5, 0.6) is 11.5 Å². The second-order valence-corrected chi connectivity index (χ2v) is 4.31. The molecule has 1 aliphatic rings. The highest BCUT2D eigenvalue weighted by atomic mass is 16.5. The van der Waals surface area contributed by atoms with Crippen LogP contribution in [0.15, 0.2) is 23.2 Å². The van der Waals surface area contributed by atoms with Crippen LogP contribution in [0.3, 0.4) is 0 Å². The highest BCUT2D eigenvalue weighted by Crippen LogP contribution is 2.34. The van der Waals surface area contributed by atoms with Crippen molar-refractivity contribution in [1.82, 2.24) is 0 Å². The lowest BCUT2D eigenvalue weighted by Gasteiger charge is -2.11. The highest BCUT2D eigenvalue weighted by molar-refractivity contribution is 5.87. The minimum Gasteiger partial charge on any atom is -0.490 e. The first-order valence-corrected chi connectivity index (χ1v) is 6.48. The zero-order valence-electron chi connectivity index (χ0n) is 11.0. The van der Waals surface area contributed by atoms with Crippen LogP contribution in [0.2, 0.25) is 0 Å². The van der Waals surface area contributed by atoms with Gasteiger partial charge in [-0.15, -0.1) is 0 Å². The van der Waals surface area contributed by atoms with Crippen molar-refractivity contribution in [2.45, 2.75) is 26.7 Å². The molecule has 98 valence electrons. The molecule has 1 saturated carbocycles. The van der Waals surface area contributed by atoms with Gasteiger partial charge in [0.25, 0.3) is 0 Å². The van der Waals surface area contributed by atoms with Crippen molar-refractivity contribution in [1.29, 1.82) is 0 Å². The summed E-state index contributed by atoms with van der Waals surface area (Å²) in [6, 6.07) is 5.67. The van der Waals surface area contributed by atoms with E-state index in [-0.39, 0.29) is 0 Å². The molecule has 0 aromatic heterocycles. The summed E-state index contributed by atoms with van der Waals surface area (Å²) >= 11 is 0. The fourth-order valence-electron chi connectivity index (χ4n) is 1.73. The van der Waals surface area contributed by atoms with E-state index in [1.807, 2.05) is 32.0 Å². The minimum atomic E-state index is 0.479. The topological polar surface area (TPSA) is 56.8 Å². The lowest BCUT2D eigenvalue weighted by atomic mass is 10.2. The van der Waals surface area contributed by atoms with Gasteiger partial charge in [-0.3, -0.25) is 0 Å². The number of ether oxygens (including phenoxy) is 2. The van der Waals surface area contributed by atoms with Crippen LogP contribution in [0, 0.1) is 5.92 Å². The van der Waals surface area contributed by atoms with Crippen LogP contribution in [0.1, 0.15) is 26.7 Å². The number of amidine groups is 1. The van der Waals surface area contributed by atoms with E-state index < -0.39 is 0 Å². The molecule has 1 aromatic rings. The maximum atomic E-state index is 5.91. The molecule has 0 heterocycles. The van der Waals surface area contributed by atoms with Crippen molar-refractivity contribution in [2.24, 2.45) is 16.6 Å². The van der Waals surface area contributed by atoms with Crippen LogP contribution >= 0.6 is 0 Å². The molecule has 1 aromatic carbocycles. The maximum Gasteiger partial charge on any atom is 0.163 e. The van der Waals surface area contributed by atoms with Crippen molar-refractivity contribution in [2.75, 3.05) is 13.2 Å². The van der Waals surface area contributed by atoms with Gasteiger partial charge in [0.1, 0.15) is 5.84 Å². The third-order valence-electron chi connectivity index (χ3n) is 2.78. The second kappa shape index (κ2) is 5.76. The molecule has 0 saturated heterocycles. The largest absolute Gasteiger partial charge is 0.490 e. The van der Waals surface area contributed by atoms with Crippen LogP contribution in [0.25, 0.3) is 0 Å². The average Bonchev–Trinajstić information content (AvgIpc) is 3.17. The van der Waals surface area contributed by atoms with E-state index in [0.717, 1.165) is 35.9 Å². The third kappa shape index (κ3) is 3.15.